The number of anilines is 1. The predicted molar refractivity (Wildman–Crippen MR) is 64.5 cm³/mol. The average molecular weight is 248 g/mol. The predicted octanol–water partition coefficient (Wildman–Crippen LogP) is 1.46. The van der Waals surface area contributed by atoms with E-state index in [2.05, 4.69) is 0 Å². The number of benzene rings is 1. The summed E-state index contributed by atoms with van der Waals surface area (Å²) in [7, 11) is 0. The number of nitrogens with zero attached hydrogens (tertiary/aromatic N) is 2. The monoisotopic (exact) mass is 248 g/mol. The number of nitro benzene ring substituents is 1. The van der Waals surface area contributed by atoms with E-state index in [-0.39, 0.29) is 30.3 Å². The molecule has 1 fully saturated rings. The van der Waals surface area contributed by atoms with Gasteiger partial charge in [-0.2, -0.15) is 0 Å². The number of aryl methyl sites for hydroxylation is 1. The molecule has 6 nitrogen and oxygen atoms in total. The Morgan fingerprint density at radius 3 is 2.61 bits per heavy atom. The second kappa shape index (κ2) is 4.56. The molecule has 0 unspecified atom stereocenters. The molecule has 1 aromatic rings. The van der Waals surface area contributed by atoms with Crippen LogP contribution in [0.5, 0.6) is 0 Å². The van der Waals surface area contributed by atoms with Crippen molar-refractivity contribution in [1.29, 1.82) is 0 Å². The van der Waals surface area contributed by atoms with E-state index in [1.54, 1.807) is 6.07 Å². The first-order valence-electron chi connectivity index (χ1n) is 5.62. The molecule has 0 aliphatic carbocycles. The van der Waals surface area contributed by atoms with E-state index >= 15 is 0 Å². The first kappa shape index (κ1) is 12.2. The lowest BCUT2D eigenvalue weighted by Crippen LogP contribution is -2.25. The number of ketones is 1. The van der Waals surface area contributed by atoms with Crippen LogP contribution in [0.25, 0.3) is 0 Å². The molecule has 18 heavy (non-hydrogen) atoms. The van der Waals surface area contributed by atoms with Gasteiger partial charge in [0.15, 0.2) is 5.78 Å². The lowest BCUT2D eigenvalue weighted by molar-refractivity contribution is -0.384. The Morgan fingerprint density at radius 2 is 2.11 bits per heavy atom. The van der Waals surface area contributed by atoms with E-state index in [4.69, 9.17) is 0 Å². The number of amides is 1. The van der Waals surface area contributed by atoms with Crippen molar-refractivity contribution in [1.82, 2.24) is 0 Å². The molecule has 0 saturated carbocycles. The fourth-order valence-corrected chi connectivity index (χ4v) is 2.02. The standard InChI is InChI=1S/C12H12N2O4/c1-2-8-3-4-9(14(17)18)5-11(8)13-7-10(15)6-12(13)16/h3-5H,2,6-7H2,1H3. The number of nitro groups is 1. The highest BCUT2D eigenvalue weighted by Gasteiger charge is 2.30. The molecule has 0 radical (unpaired) electrons. The van der Waals surface area contributed by atoms with E-state index in [0.29, 0.717) is 12.1 Å². The fraction of sp³-hybridized carbons (Fsp3) is 0.333. The van der Waals surface area contributed by atoms with Crippen molar-refractivity contribution in [2.45, 2.75) is 19.8 Å². The molecular weight excluding hydrogens is 236 g/mol. The maximum absolute atomic E-state index is 11.7. The van der Waals surface area contributed by atoms with E-state index in [1.807, 2.05) is 6.92 Å². The van der Waals surface area contributed by atoms with Crippen LogP contribution < -0.4 is 4.90 Å². The van der Waals surface area contributed by atoms with Crippen LogP contribution in [0.4, 0.5) is 11.4 Å². The first-order chi connectivity index (χ1) is 8.52. The van der Waals surface area contributed by atoms with Crippen LogP contribution in [0.15, 0.2) is 18.2 Å². The minimum atomic E-state index is -0.509. The van der Waals surface area contributed by atoms with Crippen molar-refractivity contribution in [2.75, 3.05) is 11.4 Å². The van der Waals surface area contributed by atoms with Crippen LogP contribution in [0.3, 0.4) is 0 Å². The molecule has 94 valence electrons. The number of Topliss-reactive ketones (excluding diaryl/α,β-unsaturated/α-hetero) is 1. The third-order valence-corrected chi connectivity index (χ3v) is 2.94. The van der Waals surface area contributed by atoms with E-state index in [0.717, 1.165) is 5.56 Å². The molecule has 1 aromatic carbocycles. The zero-order chi connectivity index (χ0) is 13.3. The summed E-state index contributed by atoms with van der Waals surface area (Å²) >= 11 is 0. The van der Waals surface area contributed by atoms with Gasteiger partial charge >= 0.3 is 0 Å². The van der Waals surface area contributed by atoms with Gasteiger partial charge in [0.05, 0.1) is 23.6 Å². The average Bonchev–Trinajstić information content (AvgIpc) is 2.67. The minimum Gasteiger partial charge on any atom is -0.304 e. The van der Waals surface area contributed by atoms with Crippen LogP contribution in [0.2, 0.25) is 0 Å². The number of carbonyl (C=O) groups is 2. The van der Waals surface area contributed by atoms with Crippen LogP contribution in [-0.4, -0.2) is 23.2 Å². The third kappa shape index (κ3) is 2.09. The molecule has 1 saturated heterocycles. The van der Waals surface area contributed by atoms with Gasteiger partial charge in [-0.05, 0) is 12.0 Å². The lowest BCUT2D eigenvalue weighted by Gasteiger charge is -2.18. The maximum atomic E-state index is 11.7. The van der Waals surface area contributed by atoms with Crippen molar-refractivity contribution in [3.8, 4) is 0 Å². The highest BCUT2D eigenvalue weighted by atomic mass is 16.6. The van der Waals surface area contributed by atoms with Gasteiger partial charge in [0.2, 0.25) is 5.91 Å². The maximum Gasteiger partial charge on any atom is 0.271 e. The van der Waals surface area contributed by atoms with Gasteiger partial charge in [0.1, 0.15) is 0 Å². The Kier molecular flexibility index (Phi) is 3.10. The molecule has 1 heterocycles. The molecule has 1 amide bonds. The number of non-ortho nitro benzene ring substituents is 1. The summed E-state index contributed by atoms with van der Waals surface area (Å²) in [5, 5.41) is 10.7. The minimum absolute atomic E-state index is 0.00695. The number of rotatable bonds is 3. The van der Waals surface area contributed by atoms with Crippen molar-refractivity contribution in [2.24, 2.45) is 0 Å². The second-order valence-electron chi connectivity index (χ2n) is 4.12. The molecule has 0 N–H and O–H groups in total. The third-order valence-electron chi connectivity index (χ3n) is 2.94. The SMILES string of the molecule is CCc1ccc([N+](=O)[O-])cc1N1CC(=O)CC1=O. The number of carbonyl (C=O) groups excluding carboxylic acids is 2. The zero-order valence-electron chi connectivity index (χ0n) is 9.88. The zero-order valence-corrected chi connectivity index (χ0v) is 9.88. The highest BCUT2D eigenvalue weighted by molar-refractivity contribution is 6.15. The summed E-state index contributed by atoms with van der Waals surface area (Å²) in [6, 6.07) is 4.39. The van der Waals surface area contributed by atoms with E-state index in [9.17, 15) is 19.7 Å². The Labute approximate surface area is 103 Å². The van der Waals surface area contributed by atoms with Crippen molar-refractivity contribution in [3.05, 3.63) is 33.9 Å². The summed E-state index contributed by atoms with van der Waals surface area (Å²) in [4.78, 5) is 34.5. The first-order valence-corrected chi connectivity index (χ1v) is 5.62. The van der Waals surface area contributed by atoms with Gasteiger partial charge in [0.25, 0.3) is 5.69 Å². The summed E-state index contributed by atoms with van der Waals surface area (Å²) in [5.74, 6) is -0.455. The van der Waals surface area contributed by atoms with Crippen LogP contribution >= 0.6 is 0 Å². The molecule has 2 rings (SSSR count). The van der Waals surface area contributed by atoms with Crippen LogP contribution in [-0.2, 0) is 16.0 Å². The molecular formula is C12H12N2O4. The molecule has 0 bridgehead atoms. The van der Waals surface area contributed by atoms with Crippen molar-refractivity contribution < 1.29 is 14.5 Å². The summed E-state index contributed by atoms with van der Waals surface area (Å²) in [5.41, 5.74) is 1.22. The van der Waals surface area contributed by atoms with Crippen molar-refractivity contribution in [3.63, 3.8) is 0 Å². The quantitative estimate of drug-likeness (QED) is 0.460. The van der Waals surface area contributed by atoms with E-state index in [1.165, 1.54) is 17.0 Å². The normalized spacial score (nSPS) is 15.3. The highest BCUT2D eigenvalue weighted by Crippen LogP contribution is 2.29. The van der Waals surface area contributed by atoms with E-state index < -0.39 is 4.92 Å². The molecule has 0 spiro atoms. The fourth-order valence-electron chi connectivity index (χ4n) is 2.02. The van der Waals surface area contributed by atoms with Crippen molar-refractivity contribution >= 4 is 23.1 Å². The second-order valence-corrected chi connectivity index (χ2v) is 4.12. The molecule has 1 aliphatic rings. The summed E-state index contributed by atoms with van der Waals surface area (Å²) in [6.07, 6.45) is 0.525. The van der Waals surface area contributed by atoms with Gasteiger partial charge in [-0.3, -0.25) is 19.7 Å². The molecule has 1 aliphatic heterocycles. The topological polar surface area (TPSA) is 80.5 Å². The van der Waals surface area contributed by atoms with Gasteiger partial charge in [-0.15, -0.1) is 0 Å². The molecule has 0 atom stereocenters. The summed E-state index contributed by atoms with van der Waals surface area (Å²) < 4.78 is 0. The molecule has 0 aromatic heterocycles. The van der Waals surface area contributed by atoms with Gasteiger partial charge < -0.3 is 4.90 Å². The van der Waals surface area contributed by atoms with Crippen LogP contribution in [0.1, 0.15) is 18.9 Å². The van der Waals surface area contributed by atoms with Gasteiger partial charge in [0, 0.05) is 12.1 Å². The Hall–Kier alpha value is -2.24. The van der Waals surface area contributed by atoms with Gasteiger partial charge in [-0.1, -0.05) is 13.0 Å². The Bertz CT molecular complexity index is 539. The van der Waals surface area contributed by atoms with Gasteiger partial charge in [-0.25, -0.2) is 0 Å². The summed E-state index contributed by atoms with van der Waals surface area (Å²) in [6.45, 7) is 1.90. The number of hydrogen-bond acceptors (Lipinski definition) is 4. The van der Waals surface area contributed by atoms with Crippen LogP contribution in [0, 0.1) is 10.1 Å². The Balaban J connectivity index is 2.47. The smallest absolute Gasteiger partial charge is 0.271 e. The number of hydrogen-bond donors (Lipinski definition) is 0. The lowest BCUT2D eigenvalue weighted by atomic mass is 10.1. The molecule has 6 heteroatoms. The largest absolute Gasteiger partial charge is 0.304 e. The Morgan fingerprint density at radius 1 is 1.39 bits per heavy atom.